The minimum atomic E-state index is -0.163. The smallest absolute Gasteiger partial charge is 0.257 e. The van der Waals surface area contributed by atoms with Crippen LogP contribution in [0.15, 0.2) is 60.8 Å². The fourth-order valence-corrected chi connectivity index (χ4v) is 3.60. The van der Waals surface area contributed by atoms with Crippen molar-refractivity contribution in [2.45, 2.75) is 13.8 Å². The van der Waals surface area contributed by atoms with Gasteiger partial charge in [0, 0.05) is 36.2 Å². The first kappa shape index (κ1) is 19.2. The van der Waals surface area contributed by atoms with Gasteiger partial charge in [-0.05, 0) is 62.4 Å². The molecule has 0 aliphatic carbocycles. The van der Waals surface area contributed by atoms with Crippen LogP contribution in [-0.2, 0) is 4.74 Å². The lowest BCUT2D eigenvalue weighted by molar-refractivity contribution is 0.102. The Morgan fingerprint density at radius 2 is 1.66 bits per heavy atom. The third-order valence-corrected chi connectivity index (χ3v) is 5.04. The first-order chi connectivity index (χ1) is 14.1. The van der Waals surface area contributed by atoms with Crippen molar-refractivity contribution in [1.82, 2.24) is 4.98 Å². The highest BCUT2D eigenvalue weighted by Crippen LogP contribution is 2.22. The van der Waals surface area contributed by atoms with Gasteiger partial charge >= 0.3 is 0 Å². The van der Waals surface area contributed by atoms with E-state index in [2.05, 4.69) is 47.2 Å². The Bertz CT molecular complexity index is 971. The minimum absolute atomic E-state index is 0.163. The molecule has 0 spiro atoms. The predicted molar refractivity (Wildman–Crippen MR) is 117 cm³/mol. The lowest BCUT2D eigenvalue weighted by Gasteiger charge is -2.28. The number of rotatable bonds is 4. The van der Waals surface area contributed by atoms with Gasteiger partial charge in [0.1, 0.15) is 0 Å². The molecule has 1 fully saturated rings. The van der Waals surface area contributed by atoms with Gasteiger partial charge in [0.25, 0.3) is 5.91 Å². The molecule has 0 atom stereocenters. The van der Waals surface area contributed by atoms with Crippen molar-refractivity contribution in [3.63, 3.8) is 0 Å². The van der Waals surface area contributed by atoms with Crippen LogP contribution in [0.2, 0.25) is 0 Å². The number of carbonyl (C=O) groups is 1. The second kappa shape index (κ2) is 8.45. The second-order valence-corrected chi connectivity index (χ2v) is 7.41. The average molecular weight is 387 g/mol. The number of hydrogen-bond donors (Lipinski definition) is 1. The number of ether oxygens (including phenoxy) is 1. The first-order valence-corrected chi connectivity index (χ1v) is 9.87. The fraction of sp³-hybridized carbons (Fsp3) is 0.250. The Labute approximate surface area is 171 Å². The van der Waals surface area contributed by atoms with Crippen molar-refractivity contribution in [3.05, 3.63) is 77.5 Å². The number of nitrogens with one attached hydrogen (secondary N) is 1. The van der Waals surface area contributed by atoms with Crippen LogP contribution in [0, 0.1) is 13.8 Å². The van der Waals surface area contributed by atoms with Gasteiger partial charge in [-0.2, -0.15) is 0 Å². The maximum absolute atomic E-state index is 12.6. The van der Waals surface area contributed by atoms with Crippen LogP contribution in [0.1, 0.15) is 21.5 Å². The molecule has 4 rings (SSSR count). The van der Waals surface area contributed by atoms with Crippen LogP contribution >= 0.6 is 0 Å². The average Bonchev–Trinajstić information content (AvgIpc) is 2.74. The fourth-order valence-electron chi connectivity index (χ4n) is 3.60. The molecule has 0 unspecified atom stereocenters. The third-order valence-electron chi connectivity index (χ3n) is 5.04. The van der Waals surface area contributed by atoms with Gasteiger partial charge in [0.15, 0.2) is 0 Å². The Hall–Kier alpha value is -3.18. The molecule has 0 bridgehead atoms. The molecule has 1 amide bonds. The summed E-state index contributed by atoms with van der Waals surface area (Å²) in [6.45, 7) is 7.44. The van der Waals surface area contributed by atoms with Crippen molar-refractivity contribution < 1.29 is 9.53 Å². The summed E-state index contributed by atoms with van der Waals surface area (Å²) in [6, 6.07) is 18.0. The summed E-state index contributed by atoms with van der Waals surface area (Å²) in [5.41, 5.74) is 6.77. The van der Waals surface area contributed by atoms with Crippen molar-refractivity contribution in [2.75, 3.05) is 36.5 Å². The van der Waals surface area contributed by atoms with E-state index in [1.165, 1.54) is 11.1 Å². The lowest BCUT2D eigenvalue weighted by atomic mass is 10.0. The maximum atomic E-state index is 12.6. The Balaban J connectivity index is 1.43. The molecule has 5 heteroatoms. The number of pyridine rings is 1. The molecular formula is C24H25N3O2. The second-order valence-electron chi connectivity index (χ2n) is 7.41. The summed E-state index contributed by atoms with van der Waals surface area (Å²) in [5.74, 6) is -0.163. The van der Waals surface area contributed by atoms with E-state index in [1.807, 2.05) is 36.4 Å². The molecule has 29 heavy (non-hydrogen) atoms. The number of aromatic nitrogens is 1. The van der Waals surface area contributed by atoms with E-state index >= 15 is 0 Å². The summed E-state index contributed by atoms with van der Waals surface area (Å²) in [5, 5.41) is 2.94. The number of hydrogen-bond acceptors (Lipinski definition) is 4. The van der Waals surface area contributed by atoms with Crippen molar-refractivity contribution >= 4 is 17.3 Å². The van der Waals surface area contributed by atoms with Gasteiger partial charge in [-0.25, -0.2) is 0 Å². The van der Waals surface area contributed by atoms with E-state index in [-0.39, 0.29) is 5.91 Å². The molecule has 5 nitrogen and oxygen atoms in total. The third kappa shape index (κ3) is 4.63. The number of aryl methyl sites for hydroxylation is 2. The standard InChI is InChI=1S/C24H25N3O2/c1-17-13-18(2)15-20(14-17)23-8-3-19(16-25-23)24(28)26-21-4-6-22(7-5-21)27-9-11-29-12-10-27/h3-8,13-16H,9-12H2,1-2H3,(H,26,28). The van der Waals surface area contributed by atoms with Crippen LogP contribution in [0.4, 0.5) is 11.4 Å². The van der Waals surface area contributed by atoms with Gasteiger partial charge in [0.2, 0.25) is 0 Å². The quantitative estimate of drug-likeness (QED) is 0.718. The lowest BCUT2D eigenvalue weighted by Crippen LogP contribution is -2.36. The van der Waals surface area contributed by atoms with E-state index in [9.17, 15) is 4.79 Å². The predicted octanol–water partition coefficient (Wildman–Crippen LogP) is 4.45. The number of carbonyl (C=O) groups excluding carboxylic acids is 1. The number of nitrogens with zero attached hydrogens (tertiary/aromatic N) is 2. The molecule has 2 heterocycles. The summed E-state index contributed by atoms with van der Waals surface area (Å²) in [7, 11) is 0. The maximum Gasteiger partial charge on any atom is 0.257 e. The van der Waals surface area contributed by atoms with E-state index in [4.69, 9.17) is 4.74 Å². The highest BCUT2D eigenvalue weighted by atomic mass is 16.5. The zero-order chi connectivity index (χ0) is 20.2. The molecule has 0 saturated carbocycles. The van der Waals surface area contributed by atoms with E-state index in [1.54, 1.807) is 6.20 Å². The van der Waals surface area contributed by atoms with Crippen molar-refractivity contribution in [2.24, 2.45) is 0 Å². The Morgan fingerprint density at radius 3 is 2.28 bits per heavy atom. The molecule has 148 valence electrons. The Morgan fingerprint density at radius 1 is 0.966 bits per heavy atom. The van der Waals surface area contributed by atoms with Crippen molar-refractivity contribution in [3.8, 4) is 11.3 Å². The largest absolute Gasteiger partial charge is 0.378 e. The summed E-state index contributed by atoms with van der Waals surface area (Å²) >= 11 is 0. The van der Waals surface area contributed by atoms with Crippen LogP contribution < -0.4 is 10.2 Å². The minimum Gasteiger partial charge on any atom is -0.378 e. The molecular weight excluding hydrogens is 362 g/mol. The highest BCUT2D eigenvalue weighted by Gasteiger charge is 2.12. The number of benzene rings is 2. The molecule has 1 aliphatic rings. The number of amides is 1. The van der Waals surface area contributed by atoms with Gasteiger partial charge in [-0.3, -0.25) is 9.78 Å². The van der Waals surface area contributed by atoms with Gasteiger partial charge in [-0.15, -0.1) is 0 Å². The normalized spacial score (nSPS) is 13.9. The Kier molecular flexibility index (Phi) is 5.58. The van der Waals surface area contributed by atoms with E-state index in [0.717, 1.165) is 48.9 Å². The van der Waals surface area contributed by atoms with Crippen LogP contribution in [0.3, 0.4) is 0 Å². The molecule has 1 N–H and O–H groups in total. The molecule has 1 saturated heterocycles. The van der Waals surface area contributed by atoms with Crippen LogP contribution in [0.5, 0.6) is 0 Å². The van der Waals surface area contributed by atoms with E-state index in [0.29, 0.717) is 5.56 Å². The number of morpholine rings is 1. The van der Waals surface area contributed by atoms with Crippen LogP contribution in [0.25, 0.3) is 11.3 Å². The van der Waals surface area contributed by atoms with Gasteiger partial charge < -0.3 is 15.0 Å². The zero-order valence-electron chi connectivity index (χ0n) is 16.8. The van der Waals surface area contributed by atoms with Gasteiger partial charge in [0.05, 0.1) is 24.5 Å². The molecule has 1 aliphatic heterocycles. The zero-order valence-corrected chi connectivity index (χ0v) is 16.8. The topological polar surface area (TPSA) is 54.5 Å². The number of anilines is 2. The van der Waals surface area contributed by atoms with Gasteiger partial charge in [-0.1, -0.05) is 17.2 Å². The van der Waals surface area contributed by atoms with Crippen LogP contribution in [-0.4, -0.2) is 37.2 Å². The highest BCUT2D eigenvalue weighted by molar-refractivity contribution is 6.04. The molecule has 2 aromatic carbocycles. The monoisotopic (exact) mass is 387 g/mol. The summed E-state index contributed by atoms with van der Waals surface area (Å²) in [4.78, 5) is 19.4. The summed E-state index contributed by atoms with van der Waals surface area (Å²) < 4.78 is 5.39. The first-order valence-electron chi connectivity index (χ1n) is 9.87. The van der Waals surface area contributed by atoms with Crippen molar-refractivity contribution in [1.29, 1.82) is 0 Å². The summed E-state index contributed by atoms with van der Waals surface area (Å²) in [6.07, 6.45) is 1.63. The SMILES string of the molecule is Cc1cc(C)cc(-c2ccc(C(=O)Nc3ccc(N4CCOCC4)cc3)cn2)c1. The van der Waals surface area contributed by atoms with E-state index < -0.39 is 0 Å². The molecule has 3 aromatic rings. The molecule has 1 aromatic heterocycles. The molecule has 0 radical (unpaired) electrons.